The van der Waals surface area contributed by atoms with E-state index >= 15 is 0 Å². The molecule has 0 heterocycles. The number of benzene rings is 2. The van der Waals surface area contributed by atoms with Crippen LogP contribution >= 0.6 is 0 Å². The molecule has 0 fully saturated rings. The quantitative estimate of drug-likeness (QED) is 0.740. The molecule has 0 aliphatic carbocycles. The minimum Gasteiger partial charge on any atom is -0.606 e. The second kappa shape index (κ2) is 7.56. The predicted molar refractivity (Wildman–Crippen MR) is 89.1 cm³/mol. The molecule has 0 bridgehead atoms. The van der Waals surface area contributed by atoms with E-state index in [4.69, 9.17) is 9.47 Å². The molecule has 0 radical (unpaired) electrons. The van der Waals surface area contributed by atoms with Gasteiger partial charge in [0, 0.05) is 11.2 Å². The van der Waals surface area contributed by atoms with Crippen molar-refractivity contribution in [3.63, 3.8) is 0 Å². The summed E-state index contributed by atoms with van der Waals surface area (Å²) in [6, 6.07) is 14.8. The smallest absolute Gasteiger partial charge is 0.158 e. The highest BCUT2D eigenvalue weighted by Gasteiger charge is 2.15. The van der Waals surface area contributed by atoms with Crippen molar-refractivity contribution in [1.82, 2.24) is 0 Å². The molecule has 0 aliphatic heterocycles. The fourth-order valence-corrected chi connectivity index (χ4v) is 3.00. The van der Waals surface area contributed by atoms with Crippen molar-refractivity contribution < 1.29 is 14.0 Å². The van der Waals surface area contributed by atoms with Crippen LogP contribution in [0.4, 0.5) is 0 Å². The van der Waals surface area contributed by atoms with Gasteiger partial charge >= 0.3 is 0 Å². The van der Waals surface area contributed by atoms with Gasteiger partial charge in [0.1, 0.15) is 11.5 Å². The van der Waals surface area contributed by atoms with Gasteiger partial charge in [-0.15, -0.1) is 0 Å². The van der Waals surface area contributed by atoms with Crippen LogP contribution in [-0.4, -0.2) is 16.8 Å². The number of hydrogen-bond donors (Lipinski definition) is 0. The molecule has 0 aliphatic rings. The largest absolute Gasteiger partial charge is 0.606 e. The minimum atomic E-state index is -1.20. The molecule has 0 saturated carbocycles. The molecule has 0 aromatic heterocycles. The van der Waals surface area contributed by atoms with Crippen molar-refractivity contribution in [2.45, 2.75) is 49.7 Å². The Hall–Kier alpha value is -1.65. The second-order valence-electron chi connectivity index (χ2n) is 5.54. The lowest BCUT2D eigenvalue weighted by atomic mass is 10.3. The Bertz CT molecular complexity index is 523. The Morgan fingerprint density at radius 3 is 1.27 bits per heavy atom. The fourth-order valence-electron chi connectivity index (χ4n) is 1.96. The topological polar surface area (TPSA) is 41.5 Å². The van der Waals surface area contributed by atoms with E-state index in [9.17, 15) is 4.55 Å². The average molecular weight is 318 g/mol. The zero-order valence-corrected chi connectivity index (χ0v) is 14.2. The van der Waals surface area contributed by atoms with Crippen molar-refractivity contribution in [2.75, 3.05) is 0 Å². The molecule has 0 atom stereocenters. The molecule has 0 N–H and O–H groups in total. The molecular formula is C18H22O3S. The standard InChI is InChI=1S/C18H22O3S/c1-13(2)20-15-5-9-17(10-6-15)22(19)18-11-7-16(8-12-18)21-14(3)4/h5-14H,1-4H3. The molecule has 0 unspecified atom stereocenters. The fraction of sp³-hybridized carbons (Fsp3) is 0.333. The van der Waals surface area contributed by atoms with Gasteiger partial charge in [-0.05, 0) is 76.2 Å². The molecule has 0 amide bonds. The molecule has 0 saturated heterocycles. The van der Waals surface area contributed by atoms with Crippen LogP contribution in [0.15, 0.2) is 58.3 Å². The van der Waals surface area contributed by atoms with Gasteiger partial charge < -0.3 is 14.0 Å². The summed E-state index contributed by atoms with van der Waals surface area (Å²) in [5.41, 5.74) is 0. The SMILES string of the molecule is CC(C)Oc1ccc([S+]([O-])c2ccc(OC(C)C)cc2)cc1. The zero-order chi connectivity index (χ0) is 16.1. The lowest BCUT2D eigenvalue weighted by Crippen LogP contribution is -2.07. The van der Waals surface area contributed by atoms with Crippen molar-refractivity contribution in [2.24, 2.45) is 0 Å². The first-order chi connectivity index (χ1) is 10.5. The van der Waals surface area contributed by atoms with Gasteiger partial charge in [0.2, 0.25) is 0 Å². The first kappa shape index (κ1) is 16.7. The van der Waals surface area contributed by atoms with Gasteiger partial charge in [0.15, 0.2) is 9.79 Å². The molecule has 0 spiro atoms. The van der Waals surface area contributed by atoms with Crippen LogP contribution in [0.1, 0.15) is 27.7 Å². The maximum Gasteiger partial charge on any atom is 0.158 e. The molecule has 118 valence electrons. The highest BCUT2D eigenvalue weighted by Crippen LogP contribution is 2.25. The Kier molecular flexibility index (Phi) is 5.75. The van der Waals surface area contributed by atoms with Crippen molar-refractivity contribution in [1.29, 1.82) is 0 Å². The van der Waals surface area contributed by atoms with Gasteiger partial charge in [-0.3, -0.25) is 0 Å². The first-order valence-corrected chi connectivity index (χ1v) is 8.56. The minimum absolute atomic E-state index is 0.129. The summed E-state index contributed by atoms with van der Waals surface area (Å²) in [7, 11) is 0. The van der Waals surface area contributed by atoms with Crippen molar-refractivity contribution in [3.05, 3.63) is 48.5 Å². The predicted octanol–water partition coefficient (Wildman–Crippen LogP) is 4.43. The van der Waals surface area contributed by atoms with Gasteiger partial charge in [-0.1, -0.05) is 0 Å². The molecule has 3 nitrogen and oxygen atoms in total. The molecule has 2 rings (SSSR count). The summed E-state index contributed by atoms with van der Waals surface area (Å²) >= 11 is -1.20. The van der Waals surface area contributed by atoms with Gasteiger partial charge in [-0.2, -0.15) is 0 Å². The molecule has 4 heteroatoms. The van der Waals surface area contributed by atoms with E-state index in [1.807, 2.05) is 76.2 Å². The van der Waals surface area contributed by atoms with Crippen molar-refractivity contribution >= 4 is 11.2 Å². The first-order valence-electron chi connectivity index (χ1n) is 7.41. The van der Waals surface area contributed by atoms with Crippen LogP contribution in [0, 0.1) is 0 Å². The van der Waals surface area contributed by atoms with Crippen LogP contribution in [-0.2, 0) is 11.2 Å². The van der Waals surface area contributed by atoms with Gasteiger partial charge in [0.05, 0.1) is 12.2 Å². The van der Waals surface area contributed by atoms with Crippen LogP contribution in [0.3, 0.4) is 0 Å². The van der Waals surface area contributed by atoms with Crippen LogP contribution in [0.5, 0.6) is 11.5 Å². The van der Waals surface area contributed by atoms with E-state index in [1.165, 1.54) is 0 Å². The summed E-state index contributed by atoms with van der Waals surface area (Å²) in [4.78, 5) is 1.52. The van der Waals surface area contributed by atoms with Crippen LogP contribution < -0.4 is 9.47 Å². The second-order valence-corrected chi connectivity index (χ2v) is 7.03. The zero-order valence-electron chi connectivity index (χ0n) is 13.4. The number of ether oxygens (including phenoxy) is 2. The summed E-state index contributed by atoms with van der Waals surface area (Å²) in [5, 5.41) is 0. The molecule has 2 aromatic carbocycles. The van der Waals surface area contributed by atoms with E-state index in [0.717, 1.165) is 21.3 Å². The van der Waals surface area contributed by atoms with E-state index in [2.05, 4.69) is 0 Å². The summed E-state index contributed by atoms with van der Waals surface area (Å²) in [5.74, 6) is 1.58. The Balaban J connectivity index is 2.08. The van der Waals surface area contributed by atoms with Crippen LogP contribution in [0.2, 0.25) is 0 Å². The Morgan fingerprint density at radius 1 is 0.682 bits per heavy atom. The maximum absolute atomic E-state index is 12.5. The summed E-state index contributed by atoms with van der Waals surface area (Å²) in [6.45, 7) is 7.92. The average Bonchev–Trinajstić information content (AvgIpc) is 2.47. The van der Waals surface area contributed by atoms with E-state index < -0.39 is 11.2 Å². The normalized spacial score (nSPS) is 11.3. The number of rotatable bonds is 6. The van der Waals surface area contributed by atoms with E-state index in [-0.39, 0.29) is 12.2 Å². The van der Waals surface area contributed by atoms with E-state index in [1.54, 1.807) is 0 Å². The van der Waals surface area contributed by atoms with Crippen molar-refractivity contribution in [3.8, 4) is 11.5 Å². The molecule has 2 aromatic rings. The van der Waals surface area contributed by atoms with E-state index in [0.29, 0.717) is 0 Å². The maximum atomic E-state index is 12.5. The highest BCUT2D eigenvalue weighted by molar-refractivity contribution is 7.91. The highest BCUT2D eigenvalue weighted by atomic mass is 32.2. The number of hydrogen-bond acceptors (Lipinski definition) is 3. The summed E-state index contributed by atoms with van der Waals surface area (Å²) in [6.07, 6.45) is 0.259. The Labute approximate surface area is 135 Å². The monoisotopic (exact) mass is 318 g/mol. The summed E-state index contributed by atoms with van der Waals surface area (Å²) < 4.78 is 23.7. The third kappa shape index (κ3) is 4.68. The molecular weight excluding hydrogens is 296 g/mol. The Morgan fingerprint density at radius 2 is 1.00 bits per heavy atom. The van der Waals surface area contributed by atoms with Crippen LogP contribution in [0.25, 0.3) is 0 Å². The lowest BCUT2D eigenvalue weighted by molar-refractivity contribution is 0.242. The molecule has 22 heavy (non-hydrogen) atoms. The van der Waals surface area contributed by atoms with Gasteiger partial charge in [0.25, 0.3) is 0 Å². The third-order valence-corrected chi connectivity index (χ3v) is 4.22. The lowest BCUT2D eigenvalue weighted by Gasteiger charge is -2.13. The van der Waals surface area contributed by atoms with Gasteiger partial charge in [-0.25, -0.2) is 0 Å². The third-order valence-electron chi connectivity index (χ3n) is 2.82.